The van der Waals surface area contributed by atoms with Crippen LogP contribution in [-0.2, 0) is 11.3 Å². The van der Waals surface area contributed by atoms with Gasteiger partial charge in [-0.2, -0.15) is 0 Å². The van der Waals surface area contributed by atoms with E-state index in [-0.39, 0.29) is 19.3 Å². The first-order valence-corrected chi connectivity index (χ1v) is 8.12. The molecular weight excluding hydrogens is 320 g/mol. The number of amides is 2. The van der Waals surface area contributed by atoms with Gasteiger partial charge in [0.25, 0.3) is 0 Å². The van der Waals surface area contributed by atoms with E-state index < -0.39 is 12.0 Å². The summed E-state index contributed by atoms with van der Waals surface area (Å²) in [6.45, 7) is 1.92. The highest BCUT2D eigenvalue weighted by molar-refractivity contribution is 5.94. The Labute approximate surface area is 146 Å². The highest BCUT2D eigenvalue weighted by atomic mass is 16.5. The van der Waals surface area contributed by atoms with Crippen LogP contribution in [0.3, 0.4) is 0 Å². The van der Waals surface area contributed by atoms with Crippen LogP contribution in [0.5, 0.6) is 0 Å². The van der Waals surface area contributed by atoms with Gasteiger partial charge in [-0.15, -0.1) is 0 Å². The summed E-state index contributed by atoms with van der Waals surface area (Å²) >= 11 is 0. The predicted octanol–water partition coefficient (Wildman–Crippen LogP) is 2.94. The van der Waals surface area contributed by atoms with Crippen LogP contribution in [0.25, 0.3) is 0 Å². The summed E-state index contributed by atoms with van der Waals surface area (Å²) < 4.78 is 5.27. The number of hydrogen-bond donors (Lipinski definition) is 3. The van der Waals surface area contributed by atoms with Gasteiger partial charge in [0.15, 0.2) is 0 Å². The molecule has 0 saturated carbocycles. The zero-order chi connectivity index (χ0) is 18.1. The van der Waals surface area contributed by atoms with Gasteiger partial charge in [0.05, 0.1) is 18.2 Å². The van der Waals surface area contributed by atoms with E-state index in [1.807, 2.05) is 37.3 Å². The highest BCUT2D eigenvalue weighted by Gasteiger charge is 2.11. The van der Waals surface area contributed by atoms with Gasteiger partial charge in [-0.3, -0.25) is 0 Å². The van der Waals surface area contributed by atoms with Gasteiger partial charge in [0.1, 0.15) is 6.61 Å². The summed E-state index contributed by atoms with van der Waals surface area (Å²) in [6.07, 6.45) is 0.621. The molecule has 0 spiro atoms. The lowest BCUT2D eigenvalue weighted by atomic mass is 10.2. The number of carbonyl (C=O) groups is 2. The van der Waals surface area contributed by atoms with E-state index in [2.05, 4.69) is 10.6 Å². The number of benzene rings is 2. The molecule has 1 atom stereocenters. The van der Waals surface area contributed by atoms with E-state index in [4.69, 9.17) is 9.84 Å². The predicted molar refractivity (Wildman–Crippen MR) is 95.3 cm³/mol. The molecule has 0 heterocycles. The van der Waals surface area contributed by atoms with Crippen LogP contribution in [0.2, 0.25) is 0 Å². The van der Waals surface area contributed by atoms with Gasteiger partial charge in [-0.25, -0.2) is 9.59 Å². The number of rotatable bonds is 7. The molecule has 25 heavy (non-hydrogen) atoms. The molecule has 0 aliphatic heterocycles. The molecule has 2 aromatic rings. The van der Waals surface area contributed by atoms with Crippen LogP contribution in [-0.4, -0.2) is 29.8 Å². The second-order valence-corrected chi connectivity index (χ2v) is 5.53. The molecule has 0 radical (unpaired) electrons. The minimum absolute atomic E-state index is 0.129. The first-order valence-electron chi connectivity index (χ1n) is 8.12. The van der Waals surface area contributed by atoms with E-state index in [0.717, 1.165) is 5.56 Å². The third-order valence-corrected chi connectivity index (χ3v) is 3.62. The number of aliphatic hydroxyl groups is 1. The molecule has 1 unspecified atom stereocenters. The number of nitrogens with one attached hydrogen (secondary N) is 2. The Kier molecular flexibility index (Phi) is 6.98. The summed E-state index contributed by atoms with van der Waals surface area (Å²) in [4.78, 5) is 24.0. The summed E-state index contributed by atoms with van der Waals surface area (Å²) in [6, 6.07) is 15.2. The average Bonchev–Trinajstić information content (AvgIpc) is 2.65. The van der Waals surface area contributed by atoms with Gasteiger partial charge in [-0.1, -0.05) is 43.3 Å². The van der Waals surface area contributed by atoms with Crippen molar-refractivity contribution in [3.8, 4) is 0 Å². The standard InChI is InChI=1S/C19H22N2O4/c1-2-16(12-22)20-19(24)21-17-10-6-9-15(11-17)18(23)25-13-14-7-4-3-5-8-14/h3-11,16,22H,2,12-13H2,1H3,(H2,20,21,24). The molecule has 0 aliphatic rings. The number of esters is 1. The molecule has 2 amide bonds. The van der Waals surface area contributed by atoms with Gasteiger partial charge in [0.2, 0.25) is 0 Å². The molecule has 3 N–H and O–H groups in total. The minimum atomic E-state index is -0.463. The second-order valence-electron chi connectivity index (χ2n) is 5.53. The fourth-order valence-corrected chi connectivity index (χ4v) is 2.16. The maximum absolute atomic E-state index is 12.1. The van der Waals surface area contributed by atoms with E-state index in [1.54, 1.807) is 24.3 Å². The Morgan fingerprint density at radius 3 is 2.56 bits per heavy atom. The average molecular weight is 342 g/mol. The van der Waals surface area contributed by atoms with E-state index >= 15 is 0 Å². The second kappa shape index (κ2) is 9.44. The van der Waals surface area contributed by atoms with E-state index in [9.17, 15) is 9.59 Å². The summed E-state index contributed by atoms with van der Waals surface area (Å²) in [5, 5.41) is 14.4. The molecule has 0 fully saturated rings. The quantitative estimate of drug-likeness (QED) is 0.675. The summed E-state index contributed by atoms with van der Waals surface area (Å²) in [5.74, 6) is -0.463. The van der Waals surface area contributed by atoms with Crippen molar-refractivity contribution in [2.75, 3.05) is 11.9 Å². The van der Waals surface area contributed by atoms with Crippen LogP contribution in [0, 0.1) is 0 Å². The van der Waals surface area contributed by atoms with Crippen molar-refractivity contribution in [1.29, 1.82) is 0 Å². The van der Waals surface area contributed by atoms with E-state index in [0.29, 0.717) is 17.7 Å². The lowest BCUT2D eigenvalue weighted by Crippen LogP contribution is -2.39. The minimum Gasteiger partial charge on any atom is -0.457 e. The van der Waals surface area contributed by atoms with Crippen molar-refractivity contribution in [2.24, 2.45) is 0 Å². The first kappa shape index (κ1) is 18.5. The molecule has 6 nitrogen and oxygen atoms in total. The van der Waals surface area contributed by atoms with Gasteiger partial charge in [0, 0.05) is 5.69 Å². The van der Waals surface area contributed by atoms with Crippen LogP contribution in [0.1, 0.15) is 29.3 Å². The molecule has 6 heteroatoms. The van der Waals surface area contributed by atoms with Gasteiger partial charge < -0.3 is 20.5 Å². The fraction of sp³-hybridized carbons (Fsp3) is 0.263. The van der Waals surface area contributed by atoms with Crippen LogP contribution in [0.4, 0.5) is 10.5 Å². The van der Waals surface area contributed by atoms with Crippen molar-refractivity contribution >= 4 is 17.7 Å². The molecular formula is C19H22N2O4. The third-order valence-electron chi connectivity index (χ3n) is 3.62. The largest absolute Gasteiger partial charge is 0.457 e. The van der Waals surface area contributed by atoms with Gasteiger partial charge in [-0.05, 0) is 30.2 Å². The Bertz CT molecular complexity index is 700. The number of aliphatic hydroxyl groups excluding tert-OH is 1. The maximum atomic E-state index is 12.1. The number of urea groups is 1. The Hall–Kier alpha value is -2.86. The molecule has 0 aliphatic carbocycles. The highest BCUT2D eigenvalue weighted by Crippen LogP contribution is 2.13. The van der Waals surface area contributed by atoms with E-state index in [1.165, 1.54) is 0 Å². The SMILES string of the molecule is CCC(CO)NC(=O)Nc1cccc(C(=O)OCc2ccccc2)c1. The van der Waals surface area contributed by atoms with Crippen molar-refractivity contribution in [3.63, 3.8) is 0 Å². The lowest BCUT2D eigenvalue weighted by molar-refractivity contribution is 0.0472. The lowest BCUT2D eigenvalue weighted by Gasteiger charge is -2.15. The third kappa shape index (κ3) is 5.93. The molecule has 0 saturated heterocycles. The van der Waals surface area contributed by atoms with Crippen LogP contribution in [0.15, 0.2) is 54.6 Å². The van der Waals surface area contributed by atoms with Crippen molar-refractivity contribution in [1.82, 2.24) is 5.32 Å². The topological polar surface area (TPSA) is 87.7 Å². The fourth-order valence-electron chi connectivity index (χ4n) is 2.16. The molecule has 2 rings (SSSR count). The van der Waals surface area contributed by atoms with Crippen LogP contribution >= 0.6 is 0 Å². The number of anilines is 1. The monoisotopic (exact) mass is 342 g/mol. The number of hydrogen-bond acceptors (Lipinski definition) is 4. The molecule has 2 aromatic carbocycles. The zero-order valence-electron chi connectivity index (χ0n) is 14.1. The van der Waals surface area contributed by atoms with Crippen LogP contribution < -0.4 is 10.6 Å². The molecule has 0 aromatic heterocycles. The smallest absolute Gasteiger partial charge is 0.338 e. The van der Waals surface area contributed by atoms with Gasteiger partial charge >= 0.3 is 12.0 Å². The van der Waals surface area contributed by atoms with Crippen molar-refractivity contribution < 1.29 is 19.4 Å². The van der Waals surface area contributed by atoms with Crippen molar-refractivity contribution in [2.45, 2.75) is 26.0 Å². The normalized spacial score (nSPS) is 11.4. The Morgan fingerprint density at radius 2 is 1.88 bits per heavy atom. The molecule has 132 valence electrons. The first-order chi connectivity index (χ1) is 12.1. The summed E-state index contributed by atoms with van der Waals surface area (Å²) in [5.41, 5.74) is 1.72. The maximum Gasteiger partial charge on any atom is 0.338 e. The summed E-state index contributed by atoms with van der Waals surface area (Å²) in [7, 11) is 0. The Balaban J connectivity index is 1.93. The molecule has 0 bridgehead atoms. The number of carbonyl (C=O) groups excluding carboxylic acids is 2. The number of ether oxygens (including phenoxy) is 1. The van der Waals surface area contributed by atoms with Crippen molar-refractivity contribution in [3.05, 3.63) is 65.7 Å². The Morgan fingerprint density at radius 1 is 1.12 bits per heavy atom. The zero-order valence-corrected chi connectivity index (χ0v) is 14.1.